The number of thioether (sulfide) groups is 1. The quantitative estimate of drug-likeness (QED) is 0.873. The standard InChI is InChI=1S/C14H21NO3S2/c1-11-5-6-12(10-16)8-14(11)20(17,18)15-9-13-4-2-3-7-19-13/h5-6,8,13,15-16H,2-4,7,9-10H2,1H3. The van der Waals surface area contributed by atoms with Crippen molar-refractivity contribution in [3.8, 4) is 0 Å². The summed E-state index contributed by atoms with van der Waals surface area (Å²) in [5.41, 5.74) is 1.31. The highest BCUT2D eigenvalue weighted by atomic mass is 32.2. The Balaban J connectivity index is 2.09. The number of aryl methyl sites for hydroxylation is 1. The second-order valence-electron chi connectivity index (χ2n) is 5.10. The molecule has 1 atom stereocenters. The van der Waals surface area contributed by atoms with Crippen LogP contribution in [-0.2, 0) is 16.6 Å². The van der Waals surface area contributed by atoms with E-state index >= 15 is 0 Å². The summed E-state index contributed by atoms with van der Waals surface area (Å²) in [5.74, 6) is 1.12. The van der Waals surface area contributed by atoms with E-state index in [0.717, 1.165) is 12.2 Å². The van der Waals surface area contributed by atoms with Crippen molar-refractivity contribution in [2.24, 2.45) is 0 Å². The number of rotatable bonds is 5. The van der Waals surface area contributed by atoms with Crippen molar-refractivity contribution in [2.45, 2.75) is 42.9 Å². The lowest BCUT2D eigenvalue weighted by atomic mass is 10.2. The third-order valence-corrected chi connectivity index (χ3v) is 6.46. The predicted molar refractivity (Wildman–Crippen MR) is 82.4 cm³/mol. The molecule has 0 saturated carbocycles. The van der Waals surface area contributed by atoms with Crippen LogP contribution in [-0.4, -0.2) is 31.1 Å². The zero-order valence-electron chi connectivity index (χ0n) is 11.6. The molecule has 0 spiro atoms. The summed E-state index contributed by atoms with van der Waals surface area (Å²) >= 11 is 1.84. The van der Waals surface area contributed by atoms with Crippen molar-refractivity contribution in [3.63, 3.8) is 0 Å². The van der Waals surface area contributed by atoms with Gasteiger partial charge in [0.15, 0.2) is 0 Å². The van der Waals surface area contributed by atoms with Gasteiger partial charge in [0.25, 0.3) is 0 Å². The van der Waals surface area contributed by atoms with Crippen molar-refractivity contribution in [3.05, 3.63) is 29.3 Å². The van der Waals surface area contributed by atoms with Gasteiger partial charge in [-0.3, -0.25) is 0 Å². The Labute approximate surface area is 125 Å². The smallest absolute Gasteiger partial charge is 0.240 e. The molecule has 0 amide bonds. The van der Waals surface area contributed by atoms with Crippen LogP contribution in [0.5, 0.6) is 0 Å². The van der Waals surface area contributed by atoms with E-state index in [9.17, 15) is 8.42 Å². The van der Waals surface area contributed by atoms with Crippen molar-refractivity contribution in [1.82, 2.24) is 4.72 Å². The molecule has 0 aliphatic carbocycles. The molecule has 1 aliphatic rings. The Bertz CT molecular complexity index is 552. The van der Waals surface area contributed by atoms with Crippen molar-refractivity contribution in [2.75, 3.05) is 12.3 Å². The minimum absolute atomic E-state index is 0.152. The molecule has 1 aliphatic heterocycles. The lowest BCUT2D eigenvalue weighted by Crippen LogP contribution is -2.32. The number of nitrogens with one attached hydrogen (secondary N) is 1. The zero-order chi connectivity index (χ0) is 14.6. The monoisotopic (exact) mass is 315 g/mol. The number of hydrogen-bond donors (Lipinski definition) is 2. The highest BCUT2D eigenvalue weighted by molar-refractivity contribution is 8.00. The molecule has 4 nitrogen and oxygen atoms in total. The van der Waals surface area contributed by atoms with Gasteiger partial charge < -0.3 is 5.11 Å². The van der Waals surface area contributed by atoms with Gasteiger partial charge in [-0.25, -0.2) is 13.1 Å². The highest BCUT2D eigenvalue weighted by Crippen LogP contribution is 2.25. The number of sulfonamides is 1. The van der Waals surface area contributed by atoms with Crippen LogP contribution in [0.2, 0.25) is 0 Å². The van der Waals surface area contributed by atoms with Crippen LogP contribution < -0.4 is 4.72 Å². The van der Waals surface area contributed by atoms with E-state index in [-0.39, 0.29) is 11.5 Å². The van der Waals surface area contributed by atoms with Gasteiger partial charge in [-0.1, -0.05) is 18.6 Å². The Hall–Kier alpha value is -0.560. The van der Waals surface area contributed by atoms with Crippen LogP contribution in [0, 0.1) is 6.92 Å². The summed E-state index contributed by atoms with van der Waals surface area (Å²) in [5, 5.41) is 9.51. The number of aliphatic hydroxyl groups excluding tert-OH is 1. The van der Waals surface area contributed by atoms with Crippen molar-refractivity contribution < 1.29 is 13.5 Å². The van der Waals surface area contributed by atoms with E-state index in [1.807, 2.05) is 11.8 Å². The third-order valence-electron chi connectivity index (χ3n) is 3.50. The van der Waals surface area contributed by atoms with Crippen molar-refractivity contribution >= 4 is 21.8 Å². The largest absolute Gasteiger partial charge is 0.392 e. The van der Waals surface area contributed by atoms with Gasteiger partial charge >= 0.3 is 0 Å². The second-order valence-corrected chi connectivity index (χ2v) is 8.24. The fourth-order valence-electron chi connectivity index (χ4n) is 2.28. The molecule has 2 rings (SSSR count). The molecular weight excluding hydrogens is 294 g/mol. The average molecular weight is 315 g/mol. The van der Waals surface area contributed by atoms with Crippen LogP contribution in [0.4, 0.5) is 0 Å². The normalized spacial score (nSPS) is 20.0. The highest BCUT2D eigenvalue weighted by Gasteiger charge is 2.20. The topological polar surface area (TPSA) is 66.4 Å². The molecule has 1 aromatic rings. The summed E-state index contributed by atoms with van der Waals surface area (Å²) in [6.07, 6.45) is 3.48. The van der Waals surface area contributed by atoms with Crippen LogP contribution in [0.25, 0.3) is 0 Å². The molecule has 1 aromatic carbocycles. The first kappa shape index (κ1) is 15.8. The average Bonchev–Trinajstić information content (AvgIpc) is 2.47. The fraction of sp³-hybridized carbons (Fsp3) is 0.571. The van der Waals surface area contributed by atoms with Crippen LogP contribution in [0.15, 0.2) is 23.1 Å². The van der Waals surface area contributed by atoms with Crippen LogP contribution in [0.3, 0.4) is 0 Å². The Morgan fingerprint density at radius 3 is 2.85 bits per heavy atom. The zero-order valence-corrected chi connectivity index (χ0v) is 13.3. The summed E-state index contributed by atoms with van der Waals surface area (Å²) in [4.78, 5) is 0.268. The number of aliphatic hydroxyl groups is 1. The molecule has 0 aromatic heterocycles. The van der Waals surface area contributed by atoms with E-state index in [4.69, 9.17) is 5.11 Å². The molecule has 6 heteroatoms. The fourth-order valence-corrected chi connectivity index (χ4v) is 5.00. The summed E-state index contributed by atoms with van der Waals surface area (Å²) in [6, 6.07) is 5.02. The minimum atomic E-state index is -3.50. The lowest BCUT2D eigenvalue weighted by Gasteiger charge is -2.21. The maximum Gasteiger partial charge on any atom is 0.240 e. The van der Waals surface area contributed by atoms with Crippen molar-refractivity contribution in [1.29, 1.82) is 0 Å². The first-order valence-electron chi connectivity index (χ1n) is 6.84. The van der Waals surface area contributed by atoms with Gasteiger partial charge in [0.1, 0.15) is 0 Å². The summed E-state index contributed by atoms with van der Waals surface area (Å²) < 4.78 is 27.4. The van der Waals surface area contributed by atoms with Gasteiger partial charge in [0.2, 0.25) is 10.0 Å². The minimum Gasteiger partial charge on any atom is -0.392 e. The maximum absolute atomic E-state index is 12.4. The predicted octanol–water partition coefficient (Wildman–Crippen LogP) is 2.05. The Morgan fingerprint density at radius 1 is 1.40 bits per heavy atom. The molecule has 1 unspecified atom stereocenters. The third kappa shape index (κ3) is 3.97. The molecule has 1 heterocycles. The molecule has 0 bridgehead atoms. The molecular formula is C14H21NO3S2. The molecule has 1 saturated heterocycles. The first-order valence-corrected chi connectivity index (χ1v) is 9.38. The summed E-state index contributed by atoms with van der Waals surface area (Å²) in [7, 11) is -3.50. The number of benzene rings is 1. The molecule has 2 N–H and O–H groups in total. The van der Waals surface area contributed by atoms with Gasteiger partial charge in [0, 0.05) is 11.8 Å². The molecule has 112 valence electrons. The van der Waals surface area contributed by atoms with Gasteiger partial charge in [-0.05, 0) is 42.7 Å². The van der Waals surface area contributed by atoms with Gasteiger partial charge in [0.05, 0.1) is 11.5 Å². The van der Waals surface area contributed by atoms with Crippen LogP contribution >= 0.6 is 11.8 Å². The Kier molecular flexibility index (Phi) is 5.49. The van der Waals surface area contributed by atoms with E-state index < -0.39 is 10.0 Å². The molecule has 20 heavy (non-hydrogen) atoms. The summed E-state index contributed by atoms with van der Waals surface area (Å²) in [6.45, 7) is 2.10. The van der Waals surface area contributed by atoms with Gasteiger partial charge in [-0.2, -0.15) is 11.8 Å². The van der Waals surface area contributed by atoms with E-state index in [1.54, 1.807) is 25.1 Å². The van der Waals surface area contributed by atoms with E-state index in [1.165, 1.54) is 12.8 Å². The maximum atomic E-state index is 12.4. The number of hydrogen-bond acceptors (Lipinski definition) is 4. The molecule has 0 radical (unpaired) electrons. The Morgan fingerprint density at radius 2 is 2.20 bits per heavy atom. The van der Waals surface area contributed by atoms with Gasteiger partial charge in [-0.15, -0.1) is 0 Å². The first-order chi connectivity index (χ1) is 9.53. The molecule has 1 fully saturated rings. The second kappa shape index (κ2) is 6.93. The van der Waals surface area contributed by atoms with Crippen LogP contribution in [0.1, 0.15) is 30.4 Å². The van der Waals surface area contributed by atoms with E-state index in [0.29, 0.717) is 22.9 Å². The SMILES string of the molecule is Cc1ccc(CO)cc1S(=O)(=O)NCC1CCCCS1. The lowest BCUT2D eigenvalue weighted by molar-refractivity contribution is 0.281. The van der Waals surface area contributed by atoms with E-state index in [2.05, 4.69) is 4.72 Å².